The van der Waals surface area contributed by atoms with Gasteiger partial charge in [-0.05, 0) is 50.0 Å². The fraction of sp³-hybridized carbons (Fsp3) is 0.478. The zero-order chi connectivity index (χ0) is 22.9. The summed E-state index contributed by atoms with van der Waals surface area (Å²) < 4.78 is 23.4. The topological polar surface area (TPSA) is 63.9 Å². The quantitative estimate of drug-likeness (QED) is 0.640. The normalized spacial score (nSPS) is 18.0. The van der Waals surface area contributed by atoms with E-state index in [0.717, 1.165) is 53.8 Å². The van der Waals surface area contributed by atoms with E-state index in [2.05, 4.69) is 33.8 Å². The number of nitrogens with zero attached hydrogens (tertiary/aromatic N) is 5. The maximum atomic E-state index is 12.9. The highest BCUT2D eigenvalue weighted by atomic mass is 16.1. The summed E-state index contributed by atoms with van der Waals surface area (Å²) >= 11 is 0. The molecule has 0 N–H and O–H groups in total. The van der Waals surface area contributed by atoms with Gasteiger partial charge in [-0.2, -0.15) is 5.10 Å². The lowest BCUT2D eigenvalue weighted by Gasteiger charge is -2.32. The number of carbonyl (C=O) groups excluding carboxylic acids is 1. The van der Waals surface area contributed by atoms with Crippen molar-refractivity contribution >= 4 is 16.7 Å². The van der Waals surface area contributed by atoms with E-state index in [9.17, 15) is 4.79 Å². The number of pyridine rings is 2. The number of carbonyl (C=O) groups is 1. The lowest BCUT2D eigenvalue weighted by atomic mass is 9.90. The van der Waals surface area contributed by atoms with E-state index in [4.69, 9.17) is 4.11 Å². The fourth-order valence-corrected chi connectivity index (χ4v) is 4.05. The third kappa shape index (κ3) is 4.70. The maximum absolute atomic E-state index is 12.9. The van der Waals surface area contributed by atoms with Crippen molar-refractivity contribution in [3.8, 4) is 11.3 Å². The molecule has 3 aromatic heterocycles. The molecule has 0 saturated carbocycles. The van der Waals surface area contributed by atoms with Crippen LogP contribution in [0, 0.1) is 11.8 Å². The van der Waals surface area contributed by atoms with Gasteiger partial charge in [0, 0.05) is 59.0 Å². The molecule has 29 heavy (non-hydrogen) atoms. The van der Waals surface area contributed by atoms with Crippen molar-refractivity contribution in [1.82, 2.24) is 24.6 Å². The molecule has 1 aliphatic rings. The van der Waals surface area contributed by atoms with Crippen LogP contribution >= 0.6 is 0 Å². The number of rotatable bonds is 6. The largest absolute Gasteiger partial charge is 0.303 e. The second-order valence-electron chi connectivity index (χ2n) is 8.35. The molecule has 0 aliphatic carbocycles. The molecule has 0 amide bonds. The Hall–Kier alpha value is -2.60. The summed E-state index contributed by atoms with van der Waals surface area (Å²) in [7, 11) is 0. The Morgan fingerprint density at radius 1 is 1.28 bits per heavy atom. The molecule has 152 valence electrons. The molecule has 0 spiro atoms. The first-order chi connectivity index (χ1) is 15.2. The third-order valence-corrected chi connectivity index (χ3v) is 5.53. The van der Waals surface area contributed by atoms with E-state index in [0.29, 0.717) is 23.6 Å². The highest BCUT2D eigenvalue weighted by Gasteiger charge is 2.25. The van der Waals surface area contributed by atoms with Gasteiger partial charge in [-0.3, -0.25) is 14.5 Å². The Labute approximate surface area is 176 Å². The van der Waals surface area contributed by atoms with Crippen molar-refractivity contribution in [2.75, 3.05) is 19.6 Å². The molecule has 1 saturated heterocycles. The first-order valence-corrected chi connectivity index (χ1v) is 10.3. The molecule has 6 nitrogen and oxygen atoms in total. The molecule has 4 rings (SSSR count). The molecule has 0 radical (unpaired) electrons. The lowest BCUT2D eigenvalue weighted by molar-refractivity contribution is -0.123. The lowest BCUT2D eigenvalue weighted by Crippen LogP contribution is -2.38. The number of fused-ring (bicyclic) bond motifs is 1. The molecule has 0 atom stereocenters. The highest BCUT2D eigenvalue weighted by Crippen LogP contribution is 2.23. The molecular formula is C23H29N5O. The number of Topliss-reactive ketones (excluding diaryl/α,β-unsaturated/α-hetero) is 1. The second kappa shape index (κ2) is 8.41. The standard InChI is InChI=1S/C23H29N5O/c1-16(2)14-28-8-6-17(7-9-28)23(29)11-20-10-22-18(12-24-20)4-5-21(26-22)19-13-25-27(3)15-19/h4-5,10,12-13,15-17H,6-9,11,14H2,1-3H3/i3D3. The van der Waals surface area contributed by atoms with E-state index >= 15 is 0 Å². The molecule has 0 unspecified atom stereocenters. The molecule has 4 heterocycles. The molecule has 1 fully saturated rings. The van der Waals surface area contributed by atoms with Gasteiger partial charge in [0.25, 0.3) is 0 Å². The number of aromatic nitrogens is 4. The van der Waals surface area contributed by atoms with Gasteiger partial charge in [-0.1, -0.05) is 13.8 Å². The number of likely N-dealkylation sites (tertiary alicyclic amines) is 1. The molecule has 3 aromatic rings. The van der Waals surface area contributed by atoms with Crippen LogP contribution in [0.25, 0.3) is 22.2 Å². The number of aryl methyl sites for hydroxylation is 1. The van der Waals surface area contributed by atoms with Gasteiger partial charge in [-0.25, -0.2) is 4.98 Å². The Morgan fingerprint density at radius 3 is 2.83 bits per heavy atom. The van der Waals surface area contributed by atoms with E-state index in [-0.39, 0.29) is 11.7 Å². The zero-order valence-electron chi connectivity index (χ0n) is 20.0. The minimum absolute atomic E-state index is 0.0981. The van der Waals surface area contributed by atoms with Crippen molar-refractivity contribution in [1.29, 1.82) is 0 Å². The summed E-state index contributed by atoms with van der Waals surface area (Å²) in [6, 6.07) is 5.58. The molecule has 0 aromatic carbocycles. The van der Waals surface area contributed by atoms with E-state index in [1.54, 1.807) is 6.20 Å². The maximum Gasteiger partial charge on any atom is 0.142 e. The van der Waals surface area contributed by atoms with Gasteiger partial charge in [-0.15, -0.1) is 0 Å². The van der Waals surface area contributed by atoms with Gasteiger partial charge in [0.05, 0.1) is 17.4 Å². The van der Waals surface area contributed by atoms with Crippen molar-refractivity contribution in [2.45, 2.75) is 33.1 Å². The van der Waals surface area contributed by atoms with Crippen LogP contribution < -0.4 is 0 Å². The van der Waals surface area contributed by atoms with Crippen LogP contribution in [0.5, 0.6) is 0 Å². The van der Waals surface area contributed by atoms with Crippen molar-refractivity contribution < 1.29 is 8.91 Å². The van der Waals surface area contributed by atoms with Crippen LogP contribution in [0.3, 0.4) is 0 Å². The van der Waals surface area contributed by atoms with Gasteiger partial charge in [0.2, 0.25) is 0 Å². The van der Waals surface area contributed by atoms with Crippen LogP contribution in [-0.2, 0) is 18.2 Å². The number of ketones is 1. The van der Waals surface area contributed by atoms with Gasteiger partial charge >= 0.3 is 0 Å². The Kier molecular flexibility index (Phi) is 4.71. The smallest absolute Gasteiger partial charge is 0.142 e. The molecular weight excluding hydrogens is 362 g/mol. The van der Waals surface area contributed by atoms with E-state index < -0.39 is 6.98 Å². The first kappa shape index (κ1) is 16.2. The summed E-state index contributed by atoms with van der Waals surface area (Å²) in [6.45, 7) is 5.18. The third-order valence-electron chi connectivity index (χ3n) is 5.53. The SMILES string of the molecule is [2H]C([2H])([2H])n1cc(-c2ccc3cnc(CC(=O)C4CCN(CC(C)C)CC4)cc3n2)cn1. The van der Waals surface area contributed by atoms with E-state index in [1.807, 2.05) is 18.2 Å². The average molecular weight is 395 g/mol. The summed E-state index contributed by atoms with van der Waals surface area (Å²) in [4.78, 5) is 24.5. The number of hydrogen-bond acceptors (Lipinski definition) is 5. The Morgan fingerprint density at radius 2 is 2.10 bits per heavy atom. The van der Waals surface area contributed by atoms with Gasteiger partial charge < -0.3 is 4.90 Å². The Balaban J connectivity index is 1.46. The van der Waals surface area contributed by atoms with Gasteiger partial charge in [0.15, 0.2) is 0 Å². The minimum Gasteiger partial charge on any atom is -0.303 e. The second-order valence-corrected chi connectivity index (χ2v) is 8.35. The first-order valence-electron chi connectivity index (χ1n) is 11.8. The molecule has 0 bridgehead atoms. The van der Waals surface area contributed by atoms with Crippen molar-refractivity contribution in [2.24, 2.45) is 18.8 Å². The summed E-state index contributed by atoms with van der Waals surface area (Å²) in [6.07, 6.45) is 6.85. The minimum atomic E-state index is -2.32. The summed E-state index contributed by atoms with van der Waals surface area (Å²) in [5, 5.41) is 4.80. The summed E-state index contributed by atoms with van der Waals surface area (Å²) in [5.41, 5.74) is 2.71. The number of piperidine rings is 1. The van der Waals surface area contributed by atoms with E-state index in [1.165, 1.54) is 12.4 Å². The zero-order valence-corrected chi connectivity index (χ0v) is 17.0. The molecule has 6 heteroatoms. The predicted molar refractivity (Wildman–Crippen MR) is 114 cm³/mol. The van der Waals surface area contributed by atoms with Crippen LogP contribution in [-0.4, -0.2) is 50.1 Å². The highest BCUT2D eigenvalue weighted by molar-refractivity contribution is 5.85. The monoisotopic (exact) mass is 394 g/mol. The summed E-state index contributed by atoms with van der Waals surface area (Å²) in [5.74, 6) is 0.987. The van der Waals surface area contributed by atoms with Crippen LogP contribution in [0.1, 0.15) is 36.5 Å². The predicted octanol–water partition coefficient (Wildman–Crippen LogP) is 3.51. The number of hydrogen-bond donors (Lipinski definition) is 0. The van der Waals surface area contributed by atoms with Crippen molar-refractivity contribution in [3.63, 3.8) is 0 Å². The fourth-order valence-electron chi connectivity index (χ4n) is 4.05. The molecule has 1 aliphatic heterocycles. The van der Waals surface area contributed by atoms with Crippen LogP contribution in [0.4, 0.5) is 0 Å². The van der Waals surface area contributed by atoms with Crippen LogP contribution in [0.15, 0.2) is 36.8 Å². The average Bonchev–Trinajstić information content (AvgIpc) is 3.24. The Bertz CT molecular complexity index is 1100. The van der Waals surface area contributed by atoms with Crippen LogP contribution in [0.2, 0.25) is 0 Å². The van der Waals surface area contributed by atoms with Gasteiger partial charge in [0.1, 0.15) is 5.78 Å². The van der Waals surface area contributed by atoms with Crippen molar-refractivity contribution in [3.05, 3.63) is 42.5 Å².